The number of likely N-dealkylation sites (tertiary alicyclic amines) is 1. The van der Waals surface area contributed by atoms with Crippen LogP contribution in [-0.4, -0.2) is 57.7 Å². The third-order valence-corrected chi connectivity index (χ3v) is 4.83. The number of likely N-dealkylation sites (N-methyl/N-ethyl adjacent to an activating group) is 1. The molecule has 1 fully saturated rings. The predicted molar refractivity (Wildman–Crippen MR) is 97.2 cm³/mol. The summed E-state index contributed by atoms with van der Waals surface area (Å²) < 4.78 is 1.99. The Morgan fingerprint density at radius 2 is 1.96 bits per heavy atom. The highest BCUT2D eigenvalue weighted by Crippen LogP contribution is 2.27. The molecule has 1 aromatic carbocycles. The van der Waals surface area contributed by atoms with Gasteiger partial charge in [-0.1, -0.05) is 30.3 Å². The van der Waals surface area contributed by atoms with Crippen molar-refractivity contribution in [1.82, 2.24) is 24.6 Å². The van der Waals surface area contributed by atoms with Crippen molar-refractivity contribution in [2.75, 3.05) is 27.2 Å². The van der Waals surface area contributed by atoms with E-state index in [0.29, 0.717) is 6.54 Å². The molecule has 2 atom stereocenters. The van der Waals surface area contributed by atoms with Crippen molar-refractivity contribution in [2.24, 2.45) is 0 Å². The molecular formula is C19H27N5O. The number of benzene rings is 1. The van der Waals surface area contributed by atoms with Gasteiger partial charge in [0.05, 0.1) is 6.04 Å². The van der Waals surface area contributed by atoms with Gasteiger partial charge in [-0.05, 0) is 46.3 Å². The Balaban J connectivity index is 1.80. The van der Waals surface area contributed by atoms with Crippen LogP contribution in [0.1, 0.15) is 42.1 Å². The number of aryl methyl sites for hydroxylation is 2. The first kappa shape index (κ1) is 17.6. The Morgan fingerprint density at radius 1 is 1.24 bits per heavy atom. The number of nitrogens with zero attached hydrogens (tertiary/aromatic N) is 5. The maximum Gasteiger partial charge on any atom is 0.244 e. The summed E-state index contributed by atoms with van der Waals surface area (Å²) in [7, 11) is 3.92. The van der Waals surface area contributed by atoms with Crippen molar-refractivity contribution in [1.29, 1.82) is 0 Å². The molecule has 3 rings (SSSR count). The molecule has 0 radical (unpaired) electrons. The molecule has 1 aliphatic heterocycles. The number of aromatic nitrogens is 3. The summed E-state index contributed by atoms with van der Waals surface area (Å²) in [5.41, 5.74) is 1.03. The van der Waals surface area contributed by atoms with Crippen LogP contribution < -0.4 is 0 Å². The summed E-state index contributed by atoms with van der Waals surface area (Å²) >= 11 is 0. The van der Waals surface area contributed by atoms with Crippen LogP contribution in [0.2, 0.25) is 0 Å². The zero-order valence-corrected chi connectivity index (χ0v) is 15.5. The van der Waals surface area contributed by atoms with E-state index < -0.39 is 0 Å². The monoisotopic (exact) mass is 341 g/mol. The predicted octanol–water partition coefficient (Wildman–Crippen LogP) is 2.36. The first-order chi connectivity index (χ1) is 12.0. The normalized spacial score (nSPS) is 19.2. The minimum Gasteiger partial charge on any atom is -0.339 e. The number of hydrogen-bond acceptors (Lipinski definition) is 4. The fraction of sp³-hybridized carbons (Fsp3) is 0.526. The second kappa shape index (κ2) is 7.35. The molecule has 2 heterocycles. The number of amides is 1. The zero-order valence-electron chi connectivity index (χ0n) is 15.5. The number of piperidine rings is 1. The Morgan fingerprint density at radius 3 is 2.56 bits per heavy atom. The topological polar surface area (TPSA) is 54.3 Å². The van der Waals surface area contributed by atoms with E-state index in [1.165, 1.54) is 0 Å². The van der Waals surface area contributed by atoms with Gasteiger partial charge in [0.1, 0.15) is 17.7 Å². The average molecular weight is 341 g/mol. The molecule has 1 amide bonds. The van der Waals surface area contributed by atoms with Crippen LogP contribution in [0.4, 0.5) is 0 Å². The highest BCUT2D eigenvalue weighted by Gasteiger charge is 2.32. The van der Waals surface area contributed by atoms with Crippen LogP contribution in [0.5, 0.6) is 0 Å². The lowest BCUT2D eigenvalue weighted by molar-refractivity contribution is -0.138. The van der Waals surface area contributed by atoms with E-state index in [2.05, 4.69) is 10.1 Å². The molecule has 0 N–H and O–H groups in total. The third kappa shape index (κ3) is 3.74. The van der Waals surface area contributed by atoms with Gasteiger partial charge in [0.25, 0.3) is 0 Å². The second-order valence-electron chi connectivity index (χ2n) is 7.01. The molecule has 1 aliphatic rings. The minimum atomic E-state index is -0.251. The van der Waals surface area contributed by atoms with Crippen LogP contribution in [-0.2, 0) is 4.79 Å². The van der Waals surface area contributed by atoms with Gasteiger partial charge < -0.3 is 4.90 Å². The van der Waals surface area contributed by atoms with Gasteiger partial charge in [-0.3, -0.25) is 9.69 Å². The van der Waals surface area contributed by atoms with Gasteiger partial charge in [-0.2, -0.15) is 5.10 Å². The molecule has 0 saturated carbocycles. The number of rotatable bonds is 4. The average Bonchev–Trinajstić information content (AvgIpc) is 2.94. The first-order valence-electron chi connectivity index (χ1n) is 8.87. The molecule has 6 nitrogen and oxygen atoms in total. The van der Waals surface area contributed by atoms with E-state index in [0.717, 1.165) is 36.6 Å². The van der Waals surface area contributed by atoms with Crippen LogP contribution in [0.3, 0.4) is 0 Å². The lowest BCUT2D eigenvalue weighted by Crippen LogP contribution is -2.46. The highest BCUT2D eigenvalue weighted by molar-refractivity contribution is 5.83. The smallest absolute Gasteiger partial charge is 0.244 e. The minimum absolute atomic E-state index is 0.162. The van der Waals surface area contributed by atoms with E-state index in [-0.39, 0.29) is 18.0 Å². The number of hydrogen-bond donors (Lipinski definition) is 0. The molecule has 1 saturated heterocycles. The lowest BCUT2D eigenvalue weighted by atomic mass is 10.0. The van der Waals surface area contributed by atoms with Crippen molar-refractivity contribution >= 4 is 5.91 Å². The van der Waals surface area contributed by atoms with Crippen molar-refractivity contribution < 1.29 is 4.79 Å². The zero-order chi connectivity index (χ0) is 18.0. The van der Waals surface area contributed by atoms with Crippen LogP contribution in [0, 0.1) is 13.8 Å². The Labute approximate surface area is 149 Å². The molecule has 2 aromatic rings. The fourth-order valence-corrected chi connectivity index (χ4v) is 3.71. The van der Waals surface area contributed by atoms with Gasteiger partial charge in [0.2, 0.25) is 5.91 Å². The summed E-state index contributed by atoms with van der Waals surface area (Å²) in [6.45, 7) is 5.39. The Bertz CT molecular complexity index is 725. The van der Waals surface area contributed by atoms with E-state index in [1.54, 1.807) is 0 Å². The Kier molecular flexibility index (Phi) is 5.18. The highest BCUT2D eigenvalue weighted by atomic mass is 16.2. The first-order valence-corrected chi connectivity index (χ1v) is 8.87. The molecule has 6 heteroatoms. The largest absolute Gasteiger partial charge is 0.339 e. The number of carbonyl (C=O) groups is 1. The summed E-state index contributed by atoms with van der Waals surface area (Å²) in [6, 6.07) is 9.95. The van der Waals surface area contributed by atoms with E-state index >= 15 is 0 Å². The fourth-order valence-electron chi connectivity index (χ4n) is 3.71. The molecule has 0 aliphatic carbocycles. The van der Waals surface area contributed by atoms with Gasteiger partial charge in [0, 0.05) is 13.1 Å². The van der Waals surface area contributed by atoms with Crippen molar-refractivity contribution in [3.05, 3.63) is 47.5 Å². The summed E-state index contributed by atoms with van der Waals surface area (Å²) in [4.78, 5) is 21.6. The summed E-state index contributed by atoms with van der Waals surface area (Å²) in [5, 5.41) is 4.52. The Hall–Kier alpha value is -2.21. The maximum atomic E-state index is 13.2. The summed E-state index contributed by atoms with van der Waals surface area (Å²) in [5.74, 6) is 1.87. The number of carbonyl (C=O) groups excluding carboxylic acids is 1. The van der Waals surface area contributed by atoms with Crippen molar-refractivity contribution in [2.45, 2.75) is 38.8 Å². The van der Waals surface area contributed by atoms with Gasteiger partial charge in [-0.15, -0.1) is 0 Å². The van der Waals surface area contributed by atoms with Gasteiger partial charge in [0.15, 0.2) is 0 Å². The molecule has 0 bridgehead atoms. The van der Waals surface area contributed by atoms with Crippen LogP contribution in [0.15, 0.2) is 30.3 Å². The van der Waals surface area contributed by atoms with Crippen molar-refractivity contribution in [3.63, 3.8) is 0 Å². The SMILES string of the molecule is Cc1nc(C)n([C@@H]2CCCN(C(=O)[C@H](c3ccccc3)N(C)C)C2)n1. The van der Waals surface area contributed by atoms with E-state index in [1.807, 2.05) is 72.8 Å². The van der Waals surface area contributed by atoms with Crippen LogP contribution in [0.25, 0.3) is 0 Å². The lowest BCUT2D eigenvalue weighted by Gasteiger charge is -2.36. The molecule has 134 valence electrons. The van der Waals surface area contributed by atoms with Gasteiger partial charge >= 0.3 is 0 Å². The van der Waals surface area contributed by atoms with E-state index in [4.69, 9.17) is 0 Å². The van der Waals surface area contributed by atoms with Gasteiger partial charge in [-0.25, -0.2) is 9.67 Å². The standard InChI is InChI=1S/C19H27N5O/c1-14-20-15(2)24(21-14)17-11-8-12-23(13-17)19(25)18(22(3)4)16-9-6-5-7-10-16/h5-7,9-10,17-18H,8,11-13H2,1-4H3/t17-,18+/m1/s1. The van der Waals surface area contributed by atoms with Crippen LogP contribution >= 0.6 is 0 Å². The molecule has 1 aromatic heterocycles. The summed E-state index contributed by atoms with van der Waals surface area (Å²) in [6.07, 6.45) is 2.02. The van der Waals surface area contributed by atoms with E-state index in [9.17, 15) is 4.79 Å². The third-order valence-electron chi connectivity index (χ3n) is 4.83. The molecule has 0 unspecified atom stereocenters. The maximum absolute atomic E-state index is 13.2. The molecule has 25 heavy (non-hydrogen) atoms. The molecular weight excluding hydrogens is 314 g/mol. The quantitative estimate of drug-likeness (QED) is 0.857. The molecule has 0 spiro atoms. The second-order valence-corrected chi connectivity index (χ2v) is 7.01. The van der Waals surface area contributed by atoms with Crippen molar-refractivity contribution in [3.8, 4) is 0 Å².